The molecule has 25 heavy (non-hydrogen) atoms. The summed E-state index contributed by atoms with van der Waals surface area (Å²) in [6.07, 6.45) is -2.91. The molecule has 0 heterocycles. The van der Waals surface area contributed by atoms with Crippen LogP contribution in [0.1, 0.15) is 44.4 Å². The van der Waals surface area contributed by atoms with Crippen molar-refractivity contribution in [3.8, 4) is 6.07 Å². The largest absolute Gasteiger partial charge is 0.445 e. The number of carbonyl (C=O) groups is 2. The second-order valence-electron chi connectivity index (χ2n) is 6.11. The van der Waals surface area contributed by atoms with Gasteiger partial charge in [-0.2, -0.15) is 5.26 Å². The SMILES string of the molecule is Cc1cc(C)cc(/C(C#N)=N/N(C(=O)OC(C)C)C(=O)OC(C)C)c1. The van der Waals surface area contributed by atoms with Crippen molar-refractivity contribution in [2.45, 2.75) is 53.8 Å². The van der Waals surface area contributed by atoms with E-state index in [0.717, 1.165) is 11.1 Å². The zero-order valence-corrected chi connectivity index (χ0v) is 15.4. The number of hydrazone groups is 1. The van der Waals surface area contributed by atoms with Gasteiger partial charge in [0.25, 0.3) is 0 Å². The van der Waals surface area contributed by atoms with Crippen LogP contribution in [-0.2, 0) is 9.47 Å². The molecule has 0 aliphatic heterocycles. The molecule has 1 rings (SSSR count). The average molecular weight is 345 g/mol. The van der Waals surface area contributed by atoms with Crippen molar-refractivity contribution in [1.29, 1.82) is 5.26 Å². The van der Waals surface area contributed by atoms with Gasteiger partial charge in [-0.15, -0.1) is 5.10 Å². The fourth-order valence-electron chi connectivity index (χ4n) is 2.02. The summed E-state index contributed by atoms with van der Waals surface area (Å²) in [7, 11) is 0. The van der Waals surface area contributed by atoms with Crippen molar-refractivity contribution in [2.75, 3.05) is 0 Å². The Kier molecular flexibility index (Phi) is 7.12. The van der Waals surface area contributed by atoms with Crippen LogP contribution in [0.25, 0.3) is 0 Å². The summed E-state index contributed by atoms with van der Waals surface area (Å²) in [6.45, 7) is 10.3. The lowest BCUT2D eigenvalue weighted by atomic mass is 10.0. The Hall–Kier alpha value is -2.88. The first-order valence-corrected chi connectivity index (χ1v) is 7.92. The standard InChI is InChI=1S/C18H23N3O4/c1-11(2)24-17(22)21(18(23)25-12(3)4)20-16(10-19)15-8-13(5)7-14(6)9-15/h7-9,11-12H,1-6H3/b20-16+. The number of ether oxygens (including phenoxy) is 2. The van der Waals surface area contributed by atoms with Gasteiger partial charge in [0.1, 0.15) is 6.07 Å². The summed E-state index contributed by atoms with van der Waals surface area (Å²) in [4.78, 5) is 24.4. The molecule has 1 aromatic carbocycles. The first-order valence-electron chi connectivity index (χ1n) is 7.92. The summed E-state index contributed by atoms with van der Waals surface area (Å²) in [6, 6.07) is 7.34. The zero-order chi connectivity index (χ0) is 19.1. The molecule has 0 unspecified atom stereocenters. The van der Waals surface area contributed by atoms with E-state index in [9.17, 15) is 14.9 Å². The Bertz CT molecular complexity index is 675. The van der Waals surface area contributed by atoms with Crippen molar-refractivity contribution in [2.24, 2.45) is 5.10 Å². The maximum Gasteiger partial charge on any atom is 0.440 e. The second kappa shape index (κ2) is 8.83. The maximum atomic E-state index is 12.2. The molecule has 0 atom stereocenters. The Morgan fingerprint density at radius 2 is 1.44 bits per heavy atom. The number of hydrogen-bond acceptors (Lipinski definition) is 6. The summed E-state index contributed by atoms with van der Waals surface area (Å²) < 4.78 is 10.0. The monoisotopic (exact) mass is 345 g/mol. The number of rotatable bonds is 4. The van der Waals surface area contributed by atoms with Crippen LogP contribution in [0.4, 0.5) is 9.59 Å². The van der Waals surface area contributed by atoms with Gasteiger partial charge in [0.05, 0.1) is 12.2 Å². The zero-order valence-electron chi connectivity index (χ0n) is 15.4. The van der Waals surface area contributed by atoms with E-state index in [0.29, 0.717) is 10.6 Å². The predicted octanol–water partition coefficient (Wildman–Crippen LogP) is 3.92. The van der Waals surface area contributed by atoms with Crippen LogP contribution in [0, 0.1) is 25.2 Å². The van der Waals surface area contributed by atoms with Crippen molar-refractivity contribution in [1.82, 2.24) is 5.01 Å². The molecule has 0 fully saturated rings. The molecule has 1 aromatic rings. The first-order chi connectivity index (χ1) is 11.6. The van der Waals surface area contributed by atoms with E-state index in [4.69, 9.17) is 9.47 Å². The van der Waals surface area contributed by atoms with E-state index in [1.54, 1.807) is 39.8 Å². The highest BCUT2D eigenvalue weighted by Gasteiger charge is 2.27. The van der Waals surface area contributed by atoms with Crippen molar-refractivity contribution in [3.63, 3.8) is 0 Å². The number of benzene rings is 1. The van der Waals surface area contributed by atoms with Crippen LogP contribution in [0.2, 0.25) is 0 Å². The molecule has 7 nitrogen and oxygen atoms in total. The number of aryl methyl sites for hydroxylation is 2. The Morgan fingerprint density at radius 3 is 1.80 bits per heavy atom. The minimum atomic E-state index is -1.00. The quantitative estimate of drug-likeness (QED) is 0.609. The number of nitriles is 1. The van der Waals surface area contributed by atoms with Gasteiger partial charge in [-0.3, -0.25) is 0 Å². The van der Waals surface area contributed by atoms with Gasteiger partial charge in [0.2, 0.25) is 0 Å². The van der Waals surface area contributed by atoms with E-state index in [1.807, 2.05) is 26.0 Å². The van der Waals surface area contributed by atoms with Gasteiger partial charge >= 0.3 is 12.2 Å². The van der Waals surface area contributed by atoms with Gasteiger partial charge in [-0.05, 0) is 53.7 Å². The van der Waals surface area contributed by atoms with E-state index in [2.05, 4.69) is 5.10 Å². The molecule has 0 aliphatic carbocycles. The summed E-state index contributed by atoms with van der Waals surface area (Å²) in [5, 5.41) is 13.8. The van der Waals surface area contributed by atoms with Gasteiger partial charge in [-0.25, -0.2) is 9.59 Å². The first kappa shape index (κ1) is 20.2. The maximum absolute atomic E-state index is 12.2. The summed E-state index contributed by atoms with van der Waals surface area (Å²) >= 11 is 0. The molecule has 0 saturated heterocycles. The number of hydrogen-bond donors (Lipinski definition) is 0. The predicted molar refractivity (Wildman–Crippen MR) is 93.1 cm³/mol. The number of nitrogens with zero attached hydrogens (tertiary/aromatic N) is 3. The third-order valence-corrected chi connectivity index (χ3v) is 2.82. The number of imide groups is 1. The lowest BCUT2D eigenvalue weighted by molar-refractivity contribution is 0.0518. The van der Waals surface area contributed by atoms with Crippen LogP contribution >= 0.6 is 0 Å². The molecule has 0 radical (unpaired) electrons. The fraction of sp³-hybridized carbons (Fsp3) is 0.444. The normalized spacial score (nSPS) is 11.2. The Morgan fingerprint density at radius 1 is 1.00 bits per heavy atom. The van der Waals surface area contributed by atoms with Gasteiger partial charge in [0, 0.05) is 5.56 Å². The number of carbonyl (C=O) groups excluding carboxylic acids is 2. The molecule has 134 valence electrons. The molecule has 0 N–H and O–H groups in total. The van der Waals surface area contributed by atoms with Gasteiger partial charge in [0.15, 0.2) is 5.71 Å². The second-order valence-corrected chi connectivity index (χ2v) is 6.11. The highest BCUT2D eigenvalue weighted by atomic mass is 16.6. The minimum absolute atomic E-state index is 0.0896. The van der Waals surface area contributed by atoms with Crippen LogP contribution in [0.5, 0.6) is 0 Å². The Balaban J connectivity index is 3.30. The fourth-order valence-corrected chi connectivity index (χ4v) is 2.02. The molecule has 0 bridgehead atoms. The molecule has 7 heteroatoms. The third kappa shape index (κ3) is 6.26. The van der Waals surface area contributed by atoms with E-state index in [-0.39, 0.29) is 5.71 Å². The molecular formula is C18H23N3O4. The average Bonchev–Trinajstić information content (AvgIpc) is 2.45. The molecule has 0 aliphatic rings. The van der Waals surface area contributed by atoms with Gasteiger partial charge in [-0.1, -0.05) is 22.2 Å². The summed E-state index contributed by atoms with van der Waals surface area (Å²) in [5.74, 6) is 0. The van der Waals surface area contributed by atoms with E-state index >= 15 is 0 Å². The van der Waals surface area contributed by atoms with Crippen molar-refractivity contribution < 1.29 is 19.1 Å². The molecular weight excluding hydrogens is 322 g/mol. The van der Waals surface area contributed by atoms with E-state index < -0.39 is 24.4 Å². The lowest BCUT2D eigenvalue weighted by Crippen LogP contribution is -2.36. The highest BCUT2D eigenvalue weighted by Crippen LogP contribution is 2.12. The molecule has 0 aromatic heterocycles. The smallest absolute Gasteiger partial charge is 0.440 e. The molecule has 0 spiro atoms. The van der Waals surface area contributed by atoms with Crippen LogP contribution in [0.3, 0.4) is 0 Å². The topological polar surface area (TPSA) is 92.0 Å². The third-order valence-electron chi connectivity index (χ3n) is 2.82. The van der Waals surface area contributed by atoms with Crippen LogP contribution in [0.15, 0.2) is 23.3 Å². The molecule has 2 amide bonds. The highest BCUT2D eigenvalue weighted by molar-refractivity contribution is 6.12. The number of amides is 2. The van der Waals surface area contributed by atoms with Gasteiger partial charge < -0.3 is 9.47 Å². The summed E-state index contributed by atoms with van der Waals surface area (Å²) in [5.41, 5.74) is 2.27. The van der Waals surface area contributed by atoms with Crippen LogP contribution in [-0.4, -0.2) is 35.1 Å². The van der Waals surface area contributed by atoms with Crippen molar-refractivity contribution in [3.05, 3.63) is 34.9 Å². The Labute approximate surface area is 147 Å². The van der Waals surface area contributed by atoms with E-state index in [1.165, 1.54) is 0 Å². The lowest BCUT2D eigenvalue weighted by Gasteiger charge is -2.18. The van der Waals surface area contributed by atoms with Crippen LogP contribution < -0.4 is 0 Å². The minimum Gasteiger partial charge on any atom is -0.445 e. The molecule has 0 saturated carbocycles. The van der Waals surface area contributed by atoms with Crippen molar-refractivity contribution >= 4 is 17.9 Å².